The Labute approximate surface area is 133 Å². The number of methoxy groups -OCH3 is 1. The predicted octanol–water partition coefficient (Wildman–Crippen LogP) is 1.74. The summed E-state index contributed by atoms with van der Waals surface area (Å²) in [5, 5.41) is 9.52. The van der Waals surface area contributed by atoms with Crippen molar-refractivity contribution >= 4 is 11.9 Å². The van der Waals surface area contributed by atoms with Crippen molar-refractivity contribution in [3.8, 4) is 5.88 Å². The highest BCUT2D eigenvalue weighted by Crippen LogP contribution is 2.27. The van der Waals surface area contributed by atoms with E-state index in [1.54, 1.807) is 12.1 Å². The van der Waals surface area contributed by atoms with Gasteiger partial charge in [-0.25, -0.2) is 9.78 Å². The Morgan fingerprint density at radius 2 is 1.96 bits per heavy atom. The molecule has 0 fully saturated rings. The van der Waals surface area contributed by atoms with Crippen molar-refractivity contribution < 1.29 is 19.4 Å². The zero-order chi connectivity index (χ0) is 16.4. The lowest BCUT2D eigenvalue weighted by molar-refractivity contribution is -0.142. The average Bonchev–Trinajstić information content (AvgIpc) is 2.59. The summed E-state index contributed by atoms with van der Waals surface area (Å²) in [7, 11) is 1.43. The molecule has 0 spiro atoms. The zero-order valence-electron chi connectivity index (χ0n) is 12.6. The minimum absolute atomic E-state index is 0.195. The molecule has 6 heteroatoms. The fraction of sp³-hybridized carbons (Fsp3) is 0.235. The number of benzene rings is 1. The summed E-state index contributed by atoms with van der Waals surface area (Å²) in [4.78, 5) is 29.8. The molecular weight excluding hydrogens is 296 g/mol. The number of aliphatic carboxylic acids is 1. The van der Waals surface area contributed by atoms with Gasteiger partial charge in [-0.05, 0) is 23.3 Å². The average molecular weight is 312 g/mol. The summed E-state index contributed by atoms with van der Waals surface area (Å²) < 4.78 is 5.12. The molecule has 0 aliphatic carbocycles. The Morgan fingerprint density at radius 1 is 1.22 bits per heavy atom. The van der Waals surface area contributed by atoms with Gasteiger partial charge in [-0.15, -0.1) is 0 Å². The standard InChI is InChI=1S/C17H16N2O4/c1-23-15-13(7-4-8-18-15)16(20)19-10-12-6-3-2-5-11(12)9-14(19)17(21)22/h2-8,14H,9-10H2,1H3,(H,21,22)/t14-/m1/s1. The Bertz CT molecular complexity index is 760. The quantitative estimate of drug-likeness (QED) is 0.934. The molecule has 1 amide bonds. The molecule has 0 bridgehead atoms. The van der Waals surface area contributed by atoms with Gasteiger partial charge in [0, 0.05) is 19.2 Å². The molecule has 1 atom stereocenters. The number of aromatic nitrogens is 1. The van der Waals surface area contributed by atoms with Crippen LogP contribution in [0.1, 0.15) is 21.5 Å². The van der Waals surface area contributed by atoms with Crippen LogP contribution in [-0.2, 0) is 17.8 Å². The first-order valence-corrected chi connectivity index (χ1v) is 7.21. The summed E-state index contributed by atoms with van der Waals surface area (Å²) in [6, 6.07) is 9.89. The molecule has 2 heterocycles. The van der Waals surface area contributed by atoms with Crippen LogP contribution in [-0.4, -0.2) is 40.0 Å². The number of amides is 1. The fourth-order valence-corrected chi connectivity index (χ4v) is 2.83. The number of rotatable bonds is 3. The highest BCUT2D eigenvalue weighted by molar-refractivity contribution is 5.98. The van der Waals surface area contributed by atoms with Gasteiger partial charge < -0.3 is 14.7 Å². The Balaban J connectivity index is 1.99. The van der Waals surface area contributed by atoms with E-state index in [1.807, 2.05) is 24.3 Å². The molecule has 1 N–H and O–H groups in total. The van der Waals surface area contributed by atoms with Gasteiger partial charge in [0.05, 0.1) is 7.11 Å². The van der Waals surface area contributed by atoms with Gasteiger partial charge in [-0.2, -0.15) is 0 Å². The van der Waals surface area contributed by atoms with Crippen molar-refractivity contribution in [3.05, 3.63) is 59.3 Å². The van der Waals surface area contributed by atoms with Gasteiger partial charge >= 0.3 is 5.97 Å². The maximum Gasteiger partial charge on any atom is 0.326 e. The number of hydrogen-bond acceptors (Lipinski definition) is 4. The van der Waals surface area contributed by atoms with Crippen LogP contribution in [0.5, 0.6) is 5.88 Å². The van der Waals surface area contributed by atoms with E-state index in [0.29, 0.717) is 6.42 Å². The van der Waals surface area contributed by atoms with Gasteiger partial charge in [0.25, 0.3) is 5.91 Å². The van der Waals surface area contributed by atoms with Crippen LogP contribution in [0.25, 0.3) is 0 Å². The molecule has 118 valence electrons. The van der Waals surface area contributed by atoms with Crippen molar-refractivity contribution in [1.82, 2.24) is 9.88 Å². The van der Waals surface area contributed by atoms with Gasteiger partial charge in [0.2, 0.25) is 5.88 Å². The fourth-order valence-electron chi connectivity index (χ4n) is 2.83. The summed E-state index contributed by atoms with van der Waals surface area (Å²) in [5.41, 5.74) is 2.18. The second-order valence-corrected chi connectivity index (χ2v) is 5.32. The summed E-state index contributed by atoms with van der Waals surface area (Å²) in [6.07, 6.45) is 1.82. The van der Waals surface area contributed by atoms with Crippen LogP contribution in [0.2, 0.25) is 0 Å². The summed E-state index contributed by atoms with van der Waals surface area (Å²) in [5.74, 6) is -1.21. The Kier molecular flexibility index (Phi) is 3.97. The van der Waals surface area contributed by atoms with E-state index < -0.39 is 17.9 Å². The van der Waals surface area contributed by atoms with Crippen LogP contribution in [0.4, 0.5) is 0 Å². The largest absolute Gasteiger partial charge is 0.480 e. The number of pyridine rings is 1. The highest BCUT2D eigenvalue weighted by atomic mass is 16.5. The first-order chi connectivity index (χ1) is 11.1. The first kappa shape index (κ1) is 15.0. The molecule has 1 aliphatic heterocycles. The molecule has 0 saturated heterocycles. The van der Waals surface area contributed by atoms with E-state index in [1.165, 1.54) is 18.2 Å². The topological polar surface area (TPSA) is 79.7 Å². The maximum absolute atomic E-state index is 12.8. The number of fused-ring (bicyclic) bond motifs is 1. The lowest BCUT2D eigenvalue weighted by Crippen LogP contribution is -2.48. The van der Waals surface area contributed by atoms with Crippen LogP contribution < -0.4 is 4.74 Å². The van der Waals surface area contributed by atoms with Crippen molar-refractivity contribution in [2.45, 2.75) is 19.0 Å². The van der Waals surface area contributed by atoms with Gasteiger partial charge in [-0.1, -0.05) is 24.3 Å². The maximum atomic E-state index is 12.8. The Hall–Kier alpha value is -2.89. The minimum atomic E-state index is -1.02. The number of carboxylic acids is 1. The van der Waals surface area contributed by atoms with Gasteiger partial charge in [0.15, 0.2) is 0 Å². The number of carbonyl (C=O) groups is 2. The summed E-state index contributed by atoms with van der Waals surface area (Å²) in [6.45, 7) is 0.254. The highest BCUT2D eigenvalue weighted by Gasteiger charge is 2.35. The molecule has 0 radical (unpaired) electrons. The van der Waals surface area contributed by atoms with Crippen molar-refractivity contribution in [3.63, 3.8) is 0 Å². The molecule has 1 aromatic heterocycles. The second-order valence-electron chi connectivity index (χ2n) is 5.32. The molecular formula is C17H16N2O4. The van der Waals surface area contributed by atoms with Crippen molar-refractivity contribution in [1.29, 1.82) is 0 Å². The van der Waals surface area contributed by atoms with E-state index in [9.17, 15) is 14.7 Å². The Morgan fingerprint density at radius 3 is 2.65 bits per heavy atom. The second kappa shape index (κ2) is 6.08. The SMILES string of the molecule is COc1ncccc1C(=O)N1Cc2ccccc2C[C@@H]1C(=O)O. The molecule has 2 aromatic rings. The van der Waals surface area contributed by atoms with Crippen LogP contribution in [0.3, 0.4) is 0 Å². The van der Waals surface area contributed by atoms with Crippen LogP contribution >= 0.6 is 0 Å². The van der Waals surface area contributed by atoms with E-state index in [-0.39, 0.29) is 18.0 Å². The normalized spacial score (nSPS) is 16.6. The molecule has 6 nitrogen and oxygen atoms in total. The van der Waals surface area contributed by atoms with E-state index in [4.69, 9.17) is 4.74 Å². The molecule has 0 unspecified atom stereocenters. The number of carbonyl (C=O) groups excluding carboxylic acids is 1. The van der Waals surface area contributed by atoms with Crippen molar-refractivity contribution in [2.75, 3.05) is 7.11 Å². The first-order valence-electron chi connectivity index (χ1n) is 7.21. The lowest BCUT2D eigenvalue weighted by atomic mass is 9.93. The molecule has 3 rings (SSSR count). The number of ether oxygens (including phenoxy) is 1. The minimum Gasteiger partial charge on any atom is -0.480 e. The van der Waals surface area contributed by atoms with Crippen molar-refractivity contribution in [2.24, 2.45) is 0 Å². The lowest BCUT2D eigenvalue weighted by Gasteiger charge is -2.34. The number of carboxylic acid groups (broad SMARTS) is 1. The molecule has 23 heavy (non-hydrogen) atoms. The molecule has 1 aliphatic rings. The molecule has 1 aromatic carbocycles. The monoisotopic (exact) mass is 312 g/mol. The zero-order valence-corrected chi connectivity index (χ0v) is 12.6. The van der Waals surface area contributed by atoms with E-state index >= 15 is 0 Å². The van der Waals surface area contributed by atoms with E-state index in [2.05, 4.69) is 4.98 Å². The third-order valence-corrected chi connectivity index (χ3v) is 3.99. The van der Waals surface area contributed by atoms with E-state index in [0.717, 1.165) is 11.1 Å². The third kappa shape index (κ3) is 2.75. The third-order valence-electron chi connectivity index (χ3n) is 3.99. The predicted molar refractivity (Wildman–Crippen MR) is 82.2 cm³/mol. The van der Waals surface area contributed by atoms with Gasteiger partial charge in [-0.3, -0.25) is 4.79 Å². The van der Waals surface area contributed by atoms with Gasteiger partial charge in [0.1, 0.15) is 11.6 Å². The summed E-state index contributed by atoms with van der Waals surface area (Å²) >= 11 is 0. The number of nitrogens with zero attached hydrogens (tertiary/aromatic N) is 2. The molecule has 0 saturated carbocycles. The number of hydrogen-bond donors (Lipinski definition) is 1. The van der Waals surface area contributed by atoms with Crippen LogP contribution in [0.15, 0.2) is 42.6 Å². The van der Waals surface area contributed by atoms with Crippen LogP contribution in [0, 0.1) is 0 Å². The smallest absolute Gasteiger partial charge is 0.326 e.